The van der Waals surface area contributed by atoms with E-state index in [2.05, 4.69) is 5.32 Å². The first-order valence-electron chi connectivity index (χ1n) is 9.79. The number of ketones is 1. The molecule has 0 bridgehead atoms. The Labute approximate surface area is 178 Å². The molecule has 0 spiro atoms. The van der Waals surface area contributed by atoms with E-state index in [0.29, 0.717) is 26.2 Å². The SMILES string of the molecule is C=O.CC.CC(C)=O.CNCC1CN(c2ccc(N3CCOCC3=O)cc2)C(=O)O1. The molecular weight excluding hydrogens is 390 g/mol. The minimum atomic E-state index is -0.338. The van der Waals surface area contributed by atoms with Crippen LogP contribution in [-0.2, 0) is 23.9 Å². The monoisotopic (exact) mass is 423 g/mol. The number of hydrogen-bond acceptors (Lipinski definition) is 7. The Morgan fingerprint density at radius 3 is 2.07 bits per heavy atom. The average molecular weight is 424 g/mol. The second-order valence-electron chi connectivity index (χ2n) is 6.20. The van der Waals surface area contributed by atoms with Crippen LogP contribution in [0.4, 0.5) is 16.2 Å². The Kier molecular flexibility index (Phi) is 13.7. The standard InChI is InChI=1S/C15H19N3O4.C3H6O.C2H6.CH2O/c1-16-8-13-9-18(15(20)22-13)12-4-2-11(3-5-12)17-6-7-21-10-14(17)19;1-3(2)4;2*1-2/h2-5,13,16H,6-10H2,1H3;1-2H3;1-2H3;1H2. The molecule has 2 aliphatic heterocycles. The minimum absolute atomic E-state index is 0.0475. The summed E-state index contributed by atoms with van der Waals surface area (Å²) in [5.74, 6) is 0.119. The van der Waals surface area contributed by atoms with Gasteiger partial charge < -0.3 is 29.3 Å². The van der Waals surface area contributed by atoms with Crippen molar-refractivity contribution in [1.82, 2.24) is 5.32 Å². The van der Waals surface area contributed by atoms with Crippen LogP contribution in [0, 0.1) is 0 Å². The zero-order chi connectivity index (χ0) is 23.1. The zero-order valence-electron chi connectivity index (χ0n) is 18.5. The molecule has 0 aliphatic carbocycles. The van der Waals surface area contributed by atoms with Crippen molar-refractivity contribution in [1.29, 1.82) is 0 Å². The van der Waals surface area contributed by atoms with Gasteiger partial charge in [0.05, 0.1) is 13.2 Å². The number of nitrogens with zero attached hydrogens (tertiary/aromatic N) is 2. The highest BCUT2D eigenvalue weighted by Gasteiger charge is 2.32. The van der Waals surface area contributed by atoms with Crippen molar-refractivity contribution in [2.75, 3.05) is 49.7 Å². The maximum Gasteiger partial charge on any atom is 0.414 e. The smallest absolute Gasteiger partial charge is 0.414 e. The number of cyclic esters (lactones) is 1. The van der Waals surface area contributed by atoms with Crippen LogP contribution in [0.5, 0.6) is 0 Å². The van der Waals surface area contributed by atoms with Crippen LogP contribution in [0.25, 0.3) is 0 Å². The molecule has 0 aromatic heterocycles. The molecule has 2 aliphatic rings. The number of hydrogen-bond donors (Lipinski definition) is 1. The summed E-state index contributed by atoms with van der Waals surface area (Å²) in [5, 5.41) is 3.00. The summed E-state index contributed by atoms with van der Waals surface area (Å²) >= 11 is 0. The number of benzene rings is 1. The highest BCUT2D eigenvalue weighted by Crippen LogP contribution is 2.25. The molecule has 2 saturated heterocycles. The van der Waals surface area contributed by atoms with E-state index in [1.165, 1.54) is 13.8 Å². The fraction of sp³-hybridized carbons (Fsp3) is 0.524. The Balaban J connectivity index is 0.000000924. The fourth-order valence-corrected chi connectivity index (χ4v) is 2.67. The lowest BCUT2D eigenvalue weighted by Gasteiger charge is -2.27. The molecule has 2 fully saturated rings. The quantitative estimate of drug-likeness (QED) is 0.790. The average Bonchev–Trinajstić information content (AvgIpc) is 3.11. The van der Waals surface area contributed by atoms with Crippen molar-refractivity contribution >= 4 is 35.9 Å². The summed E-state index contributed by atoms with van der Waals surface area (Å²) in [6.45, 7) is 11.4. The zero-order valence-corrected chi connectivity index (χ0v) is 18.5. The molecule has 2 heterocycles. The molecule has 1 unspecified atom stereocenters. The predicted octanol–water partition coefficient (Wildman–Crippen LogP) is 2.03. The van der Waals surface area contributed by atoms with Gasteiger partial charge in [0.25, 0.3) is 5.91 Å². The van der Waals surface area contributed by atoms with Crippen molar-refractivity contribution in [2.45, 2.75) is 33.8 Å². The number of anilines is 2. The van der Waals surface area contributed by atoms with E-state index in [1.54, 1.807) is 9.80 Å². The number of amides is 2. The lowest BCUT2D eigenvalue weighted by atomic mass is 10.2. The van der Waals surface area contributed by atoms with Crippen LogP contribution in [0.3, 0.4) is 0 Å². The number of carbonyl (C=O) groups excluding carboxylic acids is 4. The number of ether oxygens (including phenoxy) is 2. The van der Waals surface area contributed by atoms with Gasteiger partial charge in [-0.25, -0.2) is 4.79 Å². The van der Waals surface area contributed by atoms with Gasteiger partial charge in [0.2, 0.25) is 0 Å². The Hall–Kier alpha value is -2.78. The maximum absolute atomic E-state index is 11.9. The molecule has 1 atom stereocenters. The third-order valence-corrected chi connectivity index (χ3v) is 3.76. The van der Waals surface area contributed by atoms with Gasteiger partial charge in [-0.3, -0.25) is 9.69 Å². The molecule has 30 heavy (non-hydrogen) atoms. The van der Waals surface area contributed by atoms with Crippen LogP contribution < -0.4 is 15.1 Å². The Morgan fingerprint density at radius 1 is 1.10 bits per heavy atom. The van der Waals surface area contributed by atoms with Crippen LogP contribution in [0.2, 0.25) is 0 Å². The minimum Gasteiger partial charge on any atom is -0.443 e. The first-order chi connectivity index (χ1) is 14.4. The summed E-state index contributed by atoms with van der Waals surface area (Å²) in [5.41, 5.74) is 1.59. The molecule has 0 radical (unpaired) electrons. The van der Waals surface area contributed by atoms with Crippen molar-refractivity contribution < 1.29 is 28.7 Å². The third-order valence-electron chi connectivity index (χ3n) is 3.76. The van der Waals surface area contributed by atoms with E-state index < -0.39 is 0 Å². The molecule has 1 aromatic rings. The number of likely N-dealkylation sites (N-methyl/N-ethyl adjacent to an activating group) is 1. The lowest BCUT2D eigenvalue weighted by molar-refractivity contribution is -0.125. The summed E-state index contributed by atoms with van der Waals surface area (Å²) in [6.07, 6.45) is -0.478. The third kappa shape index (κ3) is 8.71. The Bertz CT molecular complexity index is 661. The molecule has 2 amide bonds. The Morgan fingerprint density at radius 2 is 1.60 bits per heavy atom. The first-order valence-corrected chi connectivity index (χ1v) is 9.79. The number of Topliss-reactive ketones (excluding diaryl/α,β-unsaturated/α-hetero) is 1. The largest absolute Gasteiger partial charge is 0.443 e. The van der Waals surface area contributed by atoms with Gasteiger partial charge in [-0.15, -0.1) is 0 Å². The summed E-state index contributed by atoms with van der Waals surface area (Å²) in [7, 11) is 1.82. The van der Waals surface area contributed by atoms with Crippen molar-refractivity contribution in [2.24, 2.45) is 0 Å². The normalized spacial score (nSPS) is 17.4. The van der Waals surface area contributed by atoms with Gasteiger partial charge in [0, 0.05) is 24.5 Å². The van der Waals surface area contributed by atoms with E-state index in [0.717, 1.165) is 11.4 Å². The van der Waals surface area contributed by atoms with Crippen molar-refractivity contribution in [3.63, 3.8) is 0 Å². The number of rotatable bonds is 4. The first kappa shape index (κ1) is 27.2. The second kappa shape index (κ2) is 15.1. The lowest BCUT2D eigenvalue weighted by Crippen LogP contribution is -2.41. The topological polar surface area (TPSA) is 105 Å². The molecule has 0 saturated carbocycles. The number of nitrogens with one attached hydrogen (secondary N) is 1. The van der Waals surface area contributed by atoms with Gasteiger partial charge in [0.1, 0.15) is 25.3 Å². The highest BCUT2D eigenvalue weighted by atomic mass is 16.6. The van der Waals surface area contributed by atoms with Crippen molar-refractivity contribution in [3.05, 3.63) is 24.3 Å². The van der Waals surface area contributed by atoms with E-state index in [-0.39, 0.29) is 30.5 Å². The summed E-state index contributed by atoms with van der Waals surface area (Å²) in [4.78, 5) is 44.4. The molecule has 1 N–H and O–H groups in total. The number of morpholine rings is 1. The second-order valence-corrected chi connectivity index (χ2v) is 6.20. The highest BCUT2D eigenvalue weighted by molar-refractivity contribution is 5.95. The van der Waals surface area contributed by atoms with E-state index in [4.69, 9.17) is 14.3 Å². The predicted molar refractivity (Wildman–Crippen MR) is 116 cm³/mol. The van der Waals surface area contributed by atoms with E-state index in [9.17, 15) is 14.4 Å². The van der Waals surface area contributed by atoms with Crippen LogP contribution in [-0.4, -0.2) is 70.6 Å². The van der Waals surface area contributed by atoms with Gasteiger partial charge in [0.15, 0.2) is 0 Å². The number of carbonyl (C=O) groups is 4. The van der Waals surface area contributed by atoms with Crippen LogP contribution >= 0.6 is 0 Å². The molecular formula is C21H33N3O6. The van der Waals surface area contributed by atoms with Crippen LogP contribution in [0.1, 0.15) is 27.7 Å². The van der Waals surface area contributed by atoms with Gasteiger partial charge in [-0.1, -0.05) is 13.8 Å². The fourth-order valence-electron chi connectivity index (χ4n) is 2.67. The molecule has 168 valence electrons. The molecule has 9 heteroatoms. The molecule has 1 aromatic carbocycles. The maximum atomic E-state index is 11.9. The molecule has 9 nitrogen and oxygen atoms in total. The summed E-state index contributed by atoms with van der Waals surface area (Å²) < 4.78 is 10.4. The van der Waals surface area contributed by atoms with E-state index >= 15 is 0 Å². The van der Waals surface area contributed by atoms with Gasteiger partial charge in [-0.05, 0) is 45.2 Å². The molecule has 3 rings (SSSR count). The van der Waals surface area contributed by atoms with E-state index in [1.807, 2.05) is 51.9 Å². The van der Waals surface area contributed by atoms with Gasteiger partial charge >= 0.3 is 6.09 Å². The summed E-state index contributed by atoms with van der Waals surface area (Å²) in [6, 6.07) is 7.36. The van der Waals surface area contributed by atoms with Gasteiger partial charge in [-0.2, -0.15) is 0 Å². The van der Waals surface area contributed by atoms with Crippen LogP contribution in [0.15, 0.2) is 24.3 Å². The van der Waals surface area contributed by atoms with Crippen molar-refractivity contribution in [3.8, 4) is 0 Å².